The molecule has 17 heavy (non-hydrogen) atoms. The number of aromatic nitrogens is 2. The molecule has 0 atom stereocenters. The topological polar surface area (TPSA) is 54.7 Å². The Hall–Kier alpha value is -1.48. The number of hydrogen-bond acceptors (Lipinski definition) is 2. The number of hydrogen-bond donors (Lipinski definition) is 2. The van der Waals surface area contributed by atoms with E-state index in [9.17, 15) is 0 Å². The number of rotatable bonds is 3. The molecule has 4 heteroatoms. The molecule has 0 saturated heterocycles. The highest BCUT2D eigenvalue weighted by Crippen LogP contribution is 2.28. The summed E-state index contributed by atoms with van der Waals surface area (Å²) in [6.45, 7) is 4.31. The first-order valence-corrected chi connectivity index (χ1v) is 6.04. The number of anilines is 1. The van der Waals surface area contributed by atoms with E-state index in [1.165, 1.54) is 0 Å². The van der Waals surface area contributed by atoms with Crippen molar-refractivity contribution >= 4 is 17.3 Å². The van der Waals surface area contributed by atoms with Crippen LogP contribution in [-0.4, -0.2) is 10.2 Å². The van der Waals surface area contributed by atoms with Crippen LogP contribution in [0.1, 0.15) is 19.5 Å². The summed E-state index contributed by atoms with van der Waals surface area (Å²) in [5.74, 6) is 0.552. The van der Waals surface area contributed by atoms with Crippen molar-refractivity contribution in [1.29, 1.82) is 0 Å². The maximum Gasteiger partial charge on any atom is 0.115 e. The first kappa shape index (κ1) is 12.0. The second kappa shape index (κ2) is 4.80. The summed E-state index contributed by atoms with van der Waals surface area (Å²) in [5.41, 5.74) is 9.62. The van der Waals surface area contributed by atoms with Gasteiger partial charge in [-0.2, -0.15) is 5.10 Å². The lowest BCUT2D eigenvalue weighted by Crippen LogP contribution is -1.98. The molecular weight excluding hydrogens is 234 g/mol. The van der Waals surface area contributed by atoms with Gasteiger partial charge in [-0.05, 0) is 24.5 Å². The summed E-state index contributed by atoms with van der Waals surface area (Å²) in [6, 6.07) is 7.53. The van der Waals surface area contributed by atoms with Crippen LogP contribution in [0.25, 0.3) is 11.3 Å². The minimum absolute atomic E-state index is 0.552. The molecule has 90 valence electrons. The highest BCUT2D eigenvalue weighted by Gasteiger charge is 2.12. The van der Waals surface area contributed by atoms with Crippen molar-refractivity contribution in [2.45, 2.75) is 20.3 Å². The van der Waals surface area contributed by atoms with Gasteiger partial charge in [-0.1, -0.05) is 37.6 Å². The van der Waals surface area contributed by atoms with E-state index in [2.05, 4.69) is 24.0 Å². The molecule has 0 amide bonds. The number of benzene rings is 1. The fourth-order valence-corrected chi connectivity index (χ4v) is 1.90. The lowest BCUT2D eigenvalue weighted by Gasteiger charge is -2.03. The molecule has 0 aliphatic carbocycles. The number of halogens is 1. The normalized spacial score (nSPS) is 11.1. The molecule has 0 bridgehead atoms. The van der Waals surface area contributed by atoms with Gasteiger partial charge < -0.3 is 5.73 Å². The number of nitrogen functional groups attached to an aromatic ring is 1. The molecule has 0 unspecified atom stereocenters. The summed E-state index contributed by atoms with van der Waals surface area (Å²) in [7, 11) is 0. The zero-order valence-electron chi connectivity index (χ0n) is 10.00. The van der Waals surface area contributed by atoms with Gasteiger partial charge in [0.25, 0.3) is 0 Å². The lowest BCUT2D eigenvalue weighted by atomic mass is 10.0. The largest absolute Gasteiger partial charge is 0.395 e. The van der Waals surface area contributed by atoms with E-state index in [0.717, 1.165) is 29.1 Å². The highest BCUT2D eigenvalue weighted by molar-refractivity contribution is 6.30. The maximum atomic E-state index is 6.09. The SMILES string of the molecule is CC(C)Cc1[nH]nc(-c2ccc(Cl)cc2)c1N. The van der Waals surface area contributed by atoms with Crippen molar-refractivity contribution < 1.29 is 0 Å². The Labute approximate surface area is 106 Å². The lowest BCUT2D eigenvalue weighted by molar-refractivity contribution is 0.635. The first-order chi connectivity index (χ1) is 8.08. The number of H-pyrrole nitrogens is 1. The Kier molecular flexibility index (Phi) is 3.38. The van der Waals surface area contributed by atoms with Gasteiger partial charge in [-0.3, -0.25) is 5.10 Å². The number of nitrogens with one attached hydrogen (secondary N) is 1. The minimum atomic E-state index is 0.552. The maximum absolute atomic E-state index is 6.09. The molecule has 0 aliphatic rings. The van der Waals surface area contributed by atoms with E-state index in [-0.39, 0.29) is 0 Å². The van der Waals surface area contributed by atoms with Crippen LogP contribution in [0, 0.1) is 5.92 Å². The molecule has 0 fully saturated rings. The zero-order chi connectivity index (χ0) is 12.4. The Balaban J connectivity index is 2.33. The third-order valence-electron chi connectivity index (χ3n) is 2.61. The third kappa shape index (κ3) is 2.61. The van der Waals surface area contributed by atoms with Gasteiger partial charge in [0, 0.05) is 10.6 Å². The molecule has 2 aromatic rings. The first-order valence-electron chi connectivity index (χ1n) is 5.66. The second-order valence-electron chi connectivity index (χ2n) is 4.57. The Morgan fingerprint density at radius 1 is 1.29 bits per heavy atom. The third-order valence-corrected chi connectivity index (χ3v) is 2.86. The quantitative estimate of drug-likeness (QED) is 0.875. The van der Waals surface area contributed by atoms with E-state index < -0.39 is 0 Å². The molecule has 1 aromatic heterocycles. The van der Waals surface area contributed by atoms with Crippen molar-refractivity contribution in [3.8, 4) is 11.3 Å². The summed E-state index contributed by atoms with van der Waals surface area (Å²) >= 11 is 5.85. The molecule has 0 saturated carbocycles. The van der Waals surface area contributed by atoms with Crippen LogP contribution >= 0.6 is 11.6 Å². The van der Waals surface area contributed by atoms with Gasteiger partial charge in [-0.25, -0.2) is 0 Å². The Morgan fingerprint density at radius 2 is 1.94 bits per heavy atom. The van der Waals surface area contributed by atoms with Gasteiger partial charge in [-0.15, -0.1) is 0 Å². The standard InChI is InChI=1S/C13H16ClN3/c1-8(2)7-11-12(15)13(17-16-11)9-3-5-10(14)6-4-9/h3-6,8H,7,15H2,1-2H3,(H,16,17). The van der Waals surface area contributed by atoms with Crippen LogP contribution < -0.4 is 5.73 Å². The molecule has 0 aliphatic heterocycles. The average molecular weight is 250 g/mol. The van der Waals surface area contributed by atoms with Crippen molar-refractivity contribution in [2.24, 2.45) is 5.92 Å². The average Bonchev–Trinajstić information content (AvgIpc) is 2.61. The highest BCUT2D eigenvalue weighted by atomic mass is 35.5. The van der Waals surface area contributed by atoms with Crippen molar-refractivity contribution in [2.75, 3.05) is 5.73 Å². The summed E-state index contributed by atoms with van der Waals surface area (Å²) in [5, 5.41) is 8.00. The summed E-state index contributed by atoms with van der Waals surface area (Å²) < 4.78 is 0. The number of nitrogens with zero attached hydrogens (tertiary/aromatic N) is 1. The van der Waals surface area contributed by atoms with Gasteiger partial charge in [0.2, 0.25) is 0 Å². The molecule has 2 rings (SSSR count). The molecule has 0 spiro atoms. The molecule has 1 aromatic carbocycles. The van der Waals surface area contributed by atoms with E-state index >= 15 is 0 Å². The molecule has 3 nitrogen and oxygen atoms in total. The van der Waals surface area contributed by atoms with Gasteiger partial charge in [0.1, 0.15) is 5.69 Å². The van der Waals surface area contributed by atoms with Crippen molar-refractivity contribution in [3.63, 3.8) is 0 Å². The van der Waals surface area contributed by atoms with Crippen LogP contribution in [0.2, 0.25) is 5.02 Å². The van der Waals surface area contributed by atoms with Crippen LogP contribution in [-0.2, 0) is 6.42 Å². The number of aromatic amines is 1. The Bertz CT molecular complexity index is 500. The van der Waals surface area contributed by atoms with Crippen LogP contribution in [0.15, 0.2) is 24.3 Å². The monoisotopic (exact) mass is 249 g/mol. The number of nitrogens with two attached hydrogens (primary N) is 1. The van der Waals surface area contributed by atoms with Gasteiger partial charge >= 0.3 is 0 Å². The van der Waals surface area contributed by atoms with Crippen LogP contribution in [0.3, 0.4) is 0 Å². The second-order valence-corrected chi connectivity index (χ2v) is 5.01. The predicted octanol–water partition coefficient (Wildman–Crippen LogP) is 3.51. The molecule has 3 N–H and O–H groups in total. The van der Waals surface area contributed by atoms with Gasteiger partial charge in [0.15, 0.2) is 0 Å². The minimum Gasteiger partial charge on any atom is -0.395 e. The predicted molar refractivity (Wildman–Crippen MR) is 72.0 cm³/mol. The van der Waals surface area contributed by atoms with E-state index in [1.54, 1.807) is 0 Å². The van der Waals surface area contributed by atoms with E-state index in [0.29, 0.717) is 10.9 Å². The molecular formula is C13H16ClN3. The van der Waals surface area contributed by atoms with E-state index in [4.69, 9.17) is 17.3 Å². The van der Waals surface area contributed by atoms with Crippen LogP contribution in [0.5, 0.6) is 0 Å². The summed E-state index contributed by atoms with van der Waals surface area (Å²) in [4.78, 5) is 0. The van der Waals surface area contributed by atoms with Crippen LogP contribution in [0.4, 0.5) is 5.69 Å². The van der Waals surface area contributed by atoms with Crippen molar-refractivity contribution in [3.05, 3.63) is 35.0 Å². The zero-order valence-corrected chi connectivity index (χ0v) is 10.8. The summed E-state index contributed by atoms with van der Waals surface area (Å²) in [6.07, 6.45) is 0.909. The fourth-order valence-electron chi connectivity index (χ4n) is 1.78. The Morgan fingerprint density at radius 3 is 2.53 bits per heavy atom. The molecule has 1 heterocycles. The molecule has 0 radical (unpaired) electrons. The van der Waals surface area contributed by atoms with Crippen molar-refractivity contribution in [1.82, 2.24) is 10.2 Å². The smallest absolute Gasteiger partial charge is 0.115 e. The fraction of sp³-hybridized carbons (Fsp3) is 0.308. The van der Waals surface area contributed by atoms with E-state index in [1.807, 2.05) is 24.3 Å². The van der Waals surface area contributed by atoms with Gasteiger partial charge in [0.05, 0.1) is 11.4 Å².